The molecule has 0 atom stereocenters. The average molecular weight is 797 g/mol. The van der Waals surface area contributed by atoms with Crippen LogP contribution in [0.4, 0.5) is 17.1 Å². The van der Waals surface area contributed by atoms with Crippen molar-refractivity contribution in [1.82, 2.24) is 14.5 Å². The first-order valence-corrected chi connectivity index (χ1v) is 21.4. The number of para-hydroxylation sites is 2. The topological polar surface area (TPSA) is 34.0 Å². The van der Waals surface area contributed by atoms with Gasteiger partial charge in [-0.25, -0.2) is 9.97 Å². The minimum Gasteiger partial charge on any atom is -0.310 e. The summed E-state index contributed by atoms with van der Waals surface area (Å²) in [7, 11) is 0. The van der Waals surface area contributed by atoms with Crippen molar-refractivity contribution in [2.24, 2.45) is 0 Å². The maximum atomic E-state index is 5.31. The van der Waals surface area contributed by atoms with Crippen molar-refractivity contribution < 1.29 is 0 Å². The first-order chi connectivity index (χ1) is 30.2. The smallest absolute Gasteiger partial charge is 0.235 e. The van der Waals surface area contributed by atoms with Crippen molar-refractivity contribution >= 4 is 81.3 Å². The van der Waals surface area contributed by atoms with Gasteiger partial charge in [0.15, 0.2) is 0 Å². The fourth-order valence-corrected chi connectivity index (χ4v) is 10.1. The molecule has 12 aromatic rings. The molecule has 0 N–H and O–H groups in total. The predicted octanol–water partition coefficient (Wildman–Crippen LogP) is 15.6. The van der Waals surface area contributed by atoms with Gasteiger partial charge in [-0.05, 0) is 82.9 Å². The van der Waals surface area contributed by atoms with Crippen molar-refractivity contribution in [3.63, 3.8) is 0 Å². The Morgan fingerprint density at radius 1 is 0.377 bits per heavy atom. The van der Waals surface area contributed by atoms with Gasteiger partial charge in [-0.1, -0.05) is 158 Å². The summed E-state index contributed by atoms with van der Waals surface area (Å²) in [4.78, 5) is 12.9. The molecular weight excluding hydrogens is 761 g/mol. The second-order valence-corrected chi connectivity index (χ2v) is 16.5. The summed E-state index contributed by atoms with van der Waals surface area (Å²) in [5.41, 5.74) is 13.0. The highest BCUT2D eigenvalue weighted by molar-refractivity contribution is 7.26. The van der Waals surface area contributed by atoms with E-state index in [9.17, 15) is 0 Å². The van der Waals surface area contributed by atoms with Crippen LogP contribution in [-0.4, -0.2) is 14.5 Å². The Morgan fingerprint density at radius 3 is 1.69 bits per heavy atom. The number of thiophene rings is 1. The van der Waals surface area contributed by atoms with Gasteiger partial charge >= 0.3 is 0 Å². The van der Waals surface area contributed by atoms with Crippen molar-refractivity contribution in [2.45, 2.75) is 0 Å². The van der Waals surface area contributed by atoms with Crippen LogP contribution >= 0.6 is 11.3 Å². The molecule has 0 radical (unpaired) electrons. The molecule has 0 saturated carbocycles. The van der Waals surface area contributed by atoms with Gasteiger partial charge in [-0.2, -0.15) is 0 Å². The molecule has 9 aromatic carbocycles. The maximum absolute atomic E-state index is 5.31. The Labute approximate surface area is 356 Å². The lowest BCUT2D eigenvalue weighted by Crippen LogP contribution is -2.10. The van der Waals surface area contributed by atoms with E-state index >= 15 is 0 Å². The van der Waals surface area contributed by atoms with Gasteiger partial charge in [0.2, 0.25) is 5.95 Å². The molecule has 0 amide bonds. The largest absolute Gasteiger partial charge is 0.310 e. The maximum Gasteiger partial charge on any atom is 0.235 e. The molecule has 3 aromatic heterocycles. The predicted molar refractivity (Wildman–Crippen MR) is 258 cm³/mol. The van der Waals surface area contributed by atoms with Crippen LogP contribution in [0.15, 0.2) is 218 Å². The van der Waals surface area contributed by atoms with E-state index in [4.69, 9.17) is 9.97 Å². The summed E-state index contributed by atoms with van der Waals surface area (Å²) >= 11 is 1.85. The SMILES string of the molecule is c1ccc(-c2ccc(N(c3ccc(-c4ccc5c6ccccc6n(-c6nc(-c7ccccc7)c7ccccc7n6)c5c4)cc3)c3cccc4sc5ccccc5c34)cc2)cc1. The van der Waals surface area contributed by atoms with Crippen molar-refractivity contribution in [3.8, 4) is 39.5 Å². The second-order valence-electron chi connectivity index (χ2n) is 15.4. The van der Waals surface area contributed by atoms with Gasteiger partial charge in [0.05, 0.1) is 27.9 Å². The lowest BCUT2D eigenvalue weighted by Gasteiger charge is -2.27. The van der Waals surface area contributed by atoms with E-state index in [2.05, 4.69) is 216 Å². The van der Waals surface area contributed by atoms with Gasteiger partial charge in [0.25, 0.3) is 0 Å². The molecule has 0 aliphatic heterocycles. The van der Waals surface area contributed by atoms with Gasteiger partial charge in [0.1, 0.15) is 0 Å². The summed E-state index contributed by atoms with van der Waals surface area (Å²) in [6.07, 6.45) is 0. The highest BCUT2D eigenvalue weighted by Gasteiger charge is 2.21. The van der Waals surface area contributed by atoms with Crippen LogP contribution in [0.2, 0.25) is 0 Å². The minimum absolute atomic E-state index is 0.653. The molecule has 0 bridgehead atoms. The first kappa shape index (κ1) is 35.1. The highest BCUT2D eigenvalue weighted by atomic mass is 32.1. The molecule has 4 nitrogen and oxygen atoms in total. The van der Waals surface area contributed by atoms with Crippen LogP contribution < -0.4 is 4.90 Å². The zero-order valence-electron chi connectivity index (χ0n) is 33.0. The van der Waals surface area contributed by atoms with E-state index < -0.39 is 0 Å². The molecule has 0 spiro atoms. The summed E-state index contributed by atoms with van der Waals surface area (Å²) in [6.45, 7) is 0. The van der Waals surface area contributed by atoms with Crippen LogP contribution in [0.1, 0.15) is 0 Å². The van der Waals surface area contributed by atoms with Crippen LogP contribution in [0.25, 0.3) is 92.3 Å². The highest BCUT2D eigenvalue weighted by Crippen LogP contribution is 2.45. The molecule has 0 aliphatic rings. The van der Waals surface area contributed by atoms with E-state index in [-0.39, 0.29) is 0 Å². The molecule has 0 aliphatic carbocycles. The summed E-state index contributed by atoms with van der Waals surface area (Å²) in [6, 6.07) is 78.0. The van der Waals surface area contributed by atoms with Gasteiger partial charge in [0, 0.05) is 53.3 Å². The Hall–Kier alpha value is -7.86. The second kappa shape index (κ2) is 14.5. The molecule has 0 fully saturated rings. The molecule has 286 valence electrons. The molecule has 0 saturated heterocycles. The van der Waals surface area contributed by atoms with Gasteiger partial charge in [-0.15, -0.1) is 11.3 Å². The standard InChI is InChI=1S/C56H36N4S/c1-3-14-37(15-4-1)38-26-31-42(32-27-38)59(50-23-13-25-53-54(50)47-20-9-12-24-52(47)61-53)43-33-28-39(29-34-43)41-30-35-45-44-18-8-11-22-49(44)60(51(45)36-41)56-57-48-21-10-7-19-46(48)55(58-56)40-16-5-2-6-17-40/h1-36H. The van der Waals surface area contributed by atoms with Crippen molar-refractivity contribution in [2.75, 3.05) is 4.90 Å². The lowest BCUT2D eigenvalue weighted by atomic mass is 10.0. The minimum atomic E-state index is 0.653. The number of anilines is 3. The van der Waals surface area contributed by atoms with Crippen LogP contribution in [0.5, 0.6) is 0 Å². The normalized spacial score (nSPS) is 11.6. The molecule has 12 rings (SSSR count). The average Bonchev–Trinajstić information content (AvgIpc) is 3.88. The molecule has 3 heterocycles. The fraction of sp³-hybridized carbons (Fsp3) is 0. The number of aromatic nitrogens is 3. The monoisotopic (exact) mass is 796 g/mol. The molecule has 5 heteroatoms. The third-order valence-electron chi connectivity index (χ3n) is 11.8. The quantitative estimate of drug-likeness (QED) is 0.161. The van der Waals surface area contributed by atoms with E-state index in [0.29, 0.717) is 5.95 Å². The molecule has 61 heavy (non-hydrogen) atoms. The number of fused-ring (bicyclic) bond motifs is 7. The summed E-state index contributed by atoms with van der Waals surface area (Å²) in [5, 5.41) is 5.90. The number of benzene rings is 9. The molecule has 0 unspecified atom stereocenters. The van der Waals surface area contributed by atoms with E-state index in [0.717, 1.165) is 66.8 Å². The summed E-state index contributed by atoms with van der Waals surface area (Å²) in [5.74, 6) is 0.653. The van der Waals surface area contributed by atoms with Crippen LogP contribution in [-0.2, 0) is 0 Å². The van der Waals surface area contributed by atoms with Crippen molar-refractivity contribution in [3.05, 3.63) is 218 Å². The Bertz CT molecular complexity index is 3570. The Balaban J connectivity index is 0.999. The zero-order chi connectivity index (χ0) is 40.3. The van der Waals surface area contributed by atoms with Crippen LogP contribution in [0.3, 0.4) is 0 Å². The van der Waals surface area contributed by atoms with Crippen LogP contribution in [0, 0.1) is 0 Å². The van der Waals surface area contributed by atoms with Gasteiger partial charge < -0.3 is 4.90 Å². The zero-order valence-corrected chi connectivity index (χ0v) is 33.8. The third-order valence-corrected chi connectivity index (χ3v) is 13.0. The van der Waals surface area contributed by atoms with E-state index in [1.54, 1.807) is 0 Å². The Morgan fingerprint density at radius 2 is 0.934 bits per heavy atom. The first-order valence-electron chi connectivity index (χ1n) is 20.6. The number of hydrogen-bond acceptors (Lipinski definition) is 4. The van der Waals surface area contributed by atoms with Crippen molar-refractivity contribution in [1.29, 1.82) is 0 Å². The fourth-order valence-electron chi connectivity index (χ4n) is 8.95. The number of hydrogen-bond donors (Lipinski definition) is 0. The number of nitrogens with zero attached hydrogens (tertiary/aromatic N) is 4. The number of rotatable bonds is 7. The van der Waals surface area contributed by atoms with Gasteiger partial charge in [-0.3, -0.25) is 4.57 Å². The summed E-state index contributed by atoms with van der Waals surface area (Å²) < 4.78 is 4.79. The molecular formula is C56H36N4S. The Kier molecular flexibility index (Phi) is 8.32. The van der Waals surface area contributed by atoms with E-state index in [1.165, 1.54) is 36.7 Å². The lowest BCUT2D eigenvalue weighted by molar-refractivity contribution is 1.01. The van der Waals surface area contributed by atoms with E-state index in [1.807, 2.05) is 23.5 Å². The third kappa shape index (κ3) is 5.97.